The molecule has 1 N–H and O–H groups in total. The van der Waals surface area contributed by atoms with Crippen LogP contribution < -0.4 is 0 Å². The molecule has 0 saturated heterocycles. The summed E-state index contributed by atoms with van der Waals surface area (Å²) in [4.78, 5) is 7.45. The molecule has 0 amide bonds. The van der Waals surface area contributed by atoms with Crippen LogP contribution in [0.25, 0.3) is 22.3 Å². The Balaban J connectivity index is 1.70. The van der Waals surface area contributed by atoms with Gasteiger partial charge in [0.2, 0.25) is 17.6 Å². The van der Waals surface area contributed by atoms with Crippen LogP contribution in [0, 0.1) is 0 Å². The maximum atomic E-state index is 13.3. The third kappa shape index (κ3) is 2.11. The zero-order valence-electron chi connectivity index (χ0n) is 11.1. The zero-order valence-corrected chi connectivity index (χ0v) is 11.1. The van der Waals surface area contributed by atoms with Crippen molar-refractivity contribution >= 4 is 10.9 Å². The van der Waals surface area contributed by atoms with E-state index in [1.807, 2.05) is 30.5 Å². The quantitative estimate of drug-likeness (QED) is 0.772. The summed E-state index contributed by atoms with van der Waals surface area (Å²) < 4.78 is 31.8. The normalized spacial score (nSPS) is 21.1. The first-order chi connectivity index (χ1) is 10.1. The minimum atomic E-state index is -2.61. The number of H-pyrrole nitrogens is 1. The van der Waals surface area contributed by atoms with Crippen LogP contribution in [0.3, 0.4) is 0 Å². The number of nitrogens with zero attached hydrogens (tertiary/aromatic N) is 2. The molecule has 0 aliphatic heterocycles. The zero-order chi connectivity index (χ0) is 14.4. The van der Waals surface area contributed by atoms with Crippen molar-refractivity contribution in [1.29, 1.82) is 0 Å². The number of fused-ring (bicyclic) bond motifs is 1. The van der Waals surface area contributed by atoms with Gasteiger partial charge >= 0.3 is 0 Å². The fourth-order valence-corrected chi connectivity index (χ4v) is 2.95. The maximum Gasteiger partial charge on any atom is 0.248 e. The van der Waals surface area contributed by atoms with Gasteiger partial charge in [0.1, 0.15) is 0 Å². The van der Waals surface area contributed by atoms with Crippen LogP contribution in [0.1, 0.15) is 31.1 Å². The van der Waals surface area contributed by atoms with Crippen LogP contribution in [0.5, 0.6) is 0 Å². The van der Waals surface area contributed by atoms with Crippen LogP contribution in [-0.4, -0.2) is 21.0 Å². The number of aromatic nitrogens is 3. The molecule has 0 spiro atoms. The van der Waals surface area contributed by atoms with Gasteiger partial charge in [0.05, 0.1) is 0 Å². The molecular weight excluding hydrogens is 276 g/mol. The summed E-state index contributed by atoms with van der Waals surface area (Å²) >= 11 is 0. The second-order valence-electron chi connectivity index (χ2n) is 5.50. The van der Waals surface area contributed by atoms with Crippen molar-refractivity contribution in [3.8, 4) is 11.4 Å². The molecule has 6 heteroatoms. The van der Waals surface area contributed by atoms with Gasteiger partial charge in [0.15, 0.2) is 0 Å². The molecule has 2 aromatic heterocycles. The van der Waals surface area contributed by atoms with Gasteiger partial charge in [-0.1, -0.05) is 17.3 Å². The van der Waals surface area contributed by atoms with Crippen molar-refractivity contribution < 1.29 is 13.3 Å². The minimum Gasteiger partial charge on any atom is -0.361 e. The summed E-state index contributed by atoms with van der Waals surface area (Å²) in [6.45, 7) is 0. The van der Waals surface area contributed by atoms with Crippen LogP contribution in [-0.2, 0) is 0 Å². The molecular formula is C15H13F2N3O. The Hall–Kier alpha value is -2.24. The Kier molecular flexibility index (Phi) is 2.60. The van der Waals surface area contributed by atoms with Crippen LogP contribution >= 0.6 is 0 Å². The minimum absolute atomic E-state index is 0.108. The molecule has 21 heavy (non-hydrogen) atoms. The smallest absolute Gasteiger partial charge is 0.248 e. The third-order valence-electron chi connectivity index (χ3n) is 4.03. The van der Waals surface area contributed by atoms with Crippen molar-refractivity contribution in [3.05, 3.63) is 36.4 Å². The predicted octanol–water partition coefficient (Wildman–Crippen LogP) is 4.12. The molecule has 1 fully saturated rings. The second-order valence-corrected chi connectivity index (χ2v) is 5.50. The van der Waals surface area contributed by atoms with E-state index in [9.17, 15) is 8.78 Å². The van der Waals surface area contributed by atoms with Crippen molar-refractivity contribution in [2.24, 2.45) is 0 Å². The molecule has 0 bridgehead atoms. The number of alkyl halides is 2. The number of nitrogens with one attached hydrogen (secondary N) is 1. The standard InChI is InChI=1S/C15H13F2N3O/c16-15(17)6-4-9(8-15)14-19-13(20-21-14)11-2-1-3-12-10(11)5-7-18-12/h1-3,5,7,9,18H,4,6,8H2. The SMILES string of the molecule is FC1(F)CCC(c2nc(-c3cccc4[nH]ccc34)no2)C1. The highest BCUT2D eigenvalue weighted by Crippen LogP contribution is 2.44. The number of hydrogen-bond acceptors (Lipinski definition) is 3. The second kappa shape index (κ2) is 4.38. The molecule has 1 aliphatic rings. The Morgan fingerprint density at radius 2 is 2.19 bits per heavy atom. The summed E-state index contributed by atoms with van der Waals surface area (Å²) in [7, 11) is 0. The van der Waals surface area contributed by atoms with Crippen LogP contribution in [0.4, 0.5) is 8.78 Å². The summed E-state index contributed by atoms with van der Waals surface area (Å²) in [5, 5.41) is 4.95. The van der Waals surface area contributed by atoms with Gasteiger partial charge in [0.25, 0.3) is 0 Å². The van der Waals surface area contributed by atoms with Gasteiger partial charge in [-0.25, -0.2) is 8.78 Å². The largest absolute Gasteiger partial charge is 0.361 e. The number of benzene rings is 1. The molecule has 108 valence electrons. The number of halogens is 2. The van der Waals surface area contributed by atoms with Gasteiger partial charge in [-0.15, -0.1) is 0 Å². The lowest BCUT2D eigenvalue weighted by atomic mass is 10.1. The number of hydrogen-bond donors (Lipinski definition) is 1. The maximum absolute atomic E-state index is 13.3. The monoisotopic (exact) mass is 289 g/mol. The van der Waals surface area contributed by atoms with Crippen LogP contribution in [0.2, 0.25) is 0 Å². The first-order valence-corrected chi connectivity index (χ1v) is 6.90. The highest BCUT2D eigenvalue weighted by molar-refractivity contribution is 5.93. The first-order valence-electron chi connectivity index (χ1n) is 6.90. The molecule has 1 aromatic carbocycles. The van der Waals surface area contributed by atoms with E-state index in [0.717, 1.165) is 16.5 Å². The fraction of sp³-hybridized carbons (Fsp3) is 0.333. The molecule has 4 nitrogen and oxygen atoms in total. The first kappa shape index (κ1) is 12.5. The summed E-state index contributed by atoms with van der Waals surface area (Å²) in [5.41, 5.74) is 1.82. The lowest BCUT2D eigenvalue weighted by molar-refractivity contribution is 0.00690. The van der Waals surface area contributed by atoms with Gasteiger partial charge in [0, 0.05) is 41.4 Å². The average Bonchev–Trinajstić information content (AvgIpc) is 3.15. The van der Waals surface area contributed by atoms with Crippen molar-refractivity contribution in [1.82, 2.24) is 15.1 Å². The Morgan fingerprint density at radius 1 is 1.29 bits per heavy atom. The van der Waals surface area contributed by atoms with Crippen molar-refractivity contribution in [2.75, 3.05) is 0 Å². The van der Waals surface area contributed by atoms with E-state index in [-0.39, 0.29) is 18.8 Å². The average molecular weight is 289 g/mol. The van der Waals surface area contributed by atoms with Gasteiger partial charge in [-0.2, -0.15) is 4.98 Å². The molecule has 2 heterocycles. The third-order valence-corrected chi connectivity index (χ3v) is 4.03. The Labute approximate surface area is 119 Å². The summed E-state index contributed by atoms with van der Waals surface area (Å²) in [6, 6.07) is 7.68. The highest BCUT2D eigenvalue weighted by Gasteiger charge is 2.42. The van der Waals surface area contributed by atoms with E-state index in [2.05, 4.69) is 15.1 Å². The van der Waals surface area contributed by atoms with E-state index in [1.165, 1.54) is 0 Å². The number of aromatic amines is 1. The predicted molar refractivity (Wildman–Crippen MR) is 73.1 cm³/mol. The molecule has 0 radical (unpaired) electrons. The lowest BCUT2D eigenvalue weighted by Gasteiger charge is -2.06. The molecule has 1 aliphatic carbocycles. The molecule has 3 aromatic rings. The Bertz CT molecular complexity index is 793. The van der Waals surface area contributed by atoms with E-state index >= 15 is 0 Å². The molecule has 1 atom stereocenters. The van der Waals surface area contributed by atoms with Crippen molar-refractivity contribution in [3.63, 3.8) is 0 Å². The fourth-order valence-electron chi connectivity index (χ4n) is 2.95. The van der Waals surface area contributed by atoms with E-state index < -0.39 is 5.92 Å². The Morgan fingerprint density at radius 3 is 3.00 bits per heavy atom. The topological polar surface area (TPSA) is 54.7 Å². The van der Waals surface area contributed by atoms with Crippen LogP contribution in [0.15, 0.2) is 35.0 Å². The van der Waals surface area contributed by atoms with E-state index in [1.54, 1.807) is 0 Å². The van der Waals surface area contributed by atoms with Crippen molar-refractivity contribution in [2.45, 2.75) is 31.1 Å². The summed E-state index contributed by atoms with van der Waals surface area (Å²) in [6.07, 6.45) is 1.92. The van der Waals surface area contributed by atoms with E-state index in [4.69, 9.17) is 4.52 Å². The lowest BCUT2D eigenvalue weighted by Crippen LogP contribution is -2.09. The van der Waals surface area contributed by atoms with Gasteiger partial charge in [-0.3, -0.25) is 0 Å². The molecule has 4 rings (SSSR count). The number of rotatable bonds is 2. The molecule has 1 unspecified atom stereocenters. The van der Waals surface area contributed by atoms with Gasteiger partial charge < -0.3 is 9.51 Å². The summed E-state index contributed by atoms with van der Waals surface area (Å²) in [5.74, 6) is -2.19. The molecule has 1 saturated carbocycles. The van der Waals surface area contributed by atoms with E-state index in [0.29, 0.717) is 18.1 Å². The van der Waals surface area contributed by atoms with Gasteiger partial charge in [-0.05, 0) is 18.6 Å². The highest BCUT2D eigenvalue weighted by atomic mass is 19.3.